The number of hydrogen-bond donors (Lipinski definition) is 1. The molecule has 1 aliphatic rings. The summed E-state index contributed by atoms with van der Waals surface area (Å²) in [4.78, 5) is 2.19. The molecule has 1 atom stereocenters. The highest BCUT2D eigenvalue weighted by Gasteiger charge is 2.19. The van der Waals surface area contributed by atoms with Gasteiger partial charge in [0.25, 0.3) is 0 Å². The third kappa shape index (κ3) is 4.22. The zero-order valence-electron chi connectivity index (χ0n) is 13.1. The monoisotopic (exact) mass is 276 g/mol. The van der Waals surface area contributed by atoms with E-state index in [1.807, 2.05) is 0 Å². The SMILES string of the molecule is CCNC1CCCc2ccc(OCCCN(C)C)cc21. The lowest BCUT2D eigenvalue weighted by atomic mass is 9.87. The number of benzene rings is 1. The van der Waals surface area contributed by atoms with Crippen LogP contribution in [0.1, 0.15) is 43.4 Å². The minimum atomic E-state index is 0.508. The summed E-state index contributed by atoms with van der Waals surface area (Å²) in [6, 6.07) is 7.13. The quantitative estimate of drug-likeness (QED) is 0.775. The van der Waals surface area contributed by atoms with E-state index in [4.69, 9.17) is 4.74 Å². The first kappa shape index (κ1) is 15.3. The molecule has 0 saturated carbocycles. The molecule has 1 N–H and O–H groups in total. The number of hydrogen-bond acceptors (Lipinski definition) is 3. The lowest BCUT2D eigenvalue weighted by Crippen LogP contribution is -2.24. The van der Waals surface area contributed by atoms with Crippen molar-refractivity contribution >= 4 is 0 Å². The first-order chi connectivity index (χ1) is 9.70. The molecule has 2 rings (SSSR count). The Bertz CT molecular complexity index is 417. The van der Waals surface area contributed by atoms with Crippen molar-refractivity contribution in [3.63, 3.8) is 0 Å². The van der Waals surface area contributed by atoms with Gasteiger partial charge in [0.2, 0.25) is 0 Å². The van der Waals surface area contributed by atoms with Crippen LogP contribution in [0.2, 0.25) is 0 Å². The second-order valence-corrected chi connectivity index (χ2v) is 5.87. The average molecular weight is 276 g/mol. The molecule has 0 amide bonds. The van der Waals surface area contributed by atoms with E-state index in [-0.39, 0.29) is 0 Å². The molecule has 0 aromatic heterocycles. The summed E-state index contributed by atoms with van der Waals surface area (Å²) in [6.07, 6.45) is 4.80. The second kappa shape index (κ2) is 7.65. The standard InChI is InChI=1S/C17H28N2O/c1-4-18-17-8-5-7-14-9-10-15(13-16(14)17)20-12-6-11-19(2)3/h9-10,13,17-18H,4-8,11-12H2,1-3H3. The molecule has 0 spiro atoms. The van der Waals surface area contributed by atoms with Crippen molar-refractivity contribution < 1.29 is 4.74 Å². The van der Waals surface area contributed by atoms with Crippen LogP contribution in [0.5, 0.6) is 5.75 Å². The fourth-order valence-electron chi connectivity index (χ4n) is 2.90. The number of aryl methyl sites for hydroxylation is 1. The van der Waals surface area contributed by atoms with Gasteiger partial charge in [-0.05, 0) is 69.6 Å². The van der Waals surface area contributed by atoms with E-state index >= 15 is 0 Å². The summed E-state index contributed by atoms with van der Waals surface area (Å²) in [5, 5.41) is 3.59. The average Bonchev–Trinajstić information content (AvgIpc) is 2.44. The molecule has 0 bridgehead atoms. The Hall–Kier alpha value is -1.06. The Balaban J connectivity index is 1.96. The molecular weight excluding hydrogens is 248 g/mol. The first-order valence-corrected chi connectivity index (χ1v) is 7.84. The fourth-order valence-corrected chi connectivity index (χ4v) is 2.90. The smallest absolute Gasteiger partial charge is 0.119 e. The van der Waals surface area contributed by atoms with Crippen LogP contribution in [-0.2, 0) is 6.42 Å². The number of nitrogens with one attached hydrogen (secondary N) is 1. The lowest BCUT2D eigenvalue weighted by molar-refractivity contribution is 0.281. The second-order valence-electron chi connectivity index (χ2n) is 5.87. The van der Waals surface area contributed by atoms with Crippen LogP contribution < -0.4 is 10.1 Å². The summed E-state index contributed by atoms with van der Waals surface area (Å²) >= 11 is 0. The number of rotatable bonds is 7. The van der Waals surface area contributed by atoms with Crippen molar-refractivity contribution in [2.75, 3.05) is 33.8 Å². The summed E-state index contributed by atoms with van der Waals surface area (Å²) < 4.78 is 5.89. The van der Waals surface area contributed by atoms with E-state index in [0.717, 1.165) is 31.9 Å². The van der Waals surface area contributed by atoms with Crippen LogP contribution in [0.25, 0.3) is 0 Å². The minimum Gasteiger partial charge on any atom is -0.494 e. The minimum absolute atomic E-state index is 0.508. The van der Waals surface area contributed by atoms with Crippen molar-refractivity contribution in [3.05, 3.63) is 29.3 Å². The van der Waals surface area contributed by atoms with Gasteiger partial charge < -0.3 is 15.0 Å². The zero-order valence-corrected chi connectivity index (χ0v) is 13.1. The van der Waals surface area contributed by atoms with Gasteiger partial charge >= 0.3 is 0 Å². The Morgan fingerprint density at radius 1 is 1.35 bits per heavy atom. The van der Waals surface area contributed by atoms with E-state index < -0.39 is 0 Å². The van der Waals surface area contributed by atoms with E-state index in [0.29, 0.717) is 6.04 Å². The van der Waals surface area contributed by atoms with Gasteiger partial charge in [-0.1, -0.05) is 13.0 Å². The van der Waals surface area contributed by atoms with E-state index in [9.17, 15) is 0 Å². The van der Waals surface area contributed by atoms with Crippen LogP contribution >= 0.6 is 0 Å². The predicted molar refractivity (Wildman–Crippen MR) is 84.5 cm³/mol. The predicted octanol–water partition coefficient (Wildman–Crippen LogP) is 3.00. The van der Waals surface area contributed by atoms with Gasteiger partial charge in [0.15, 0.2) is 0 Å². The molecule has 112 valence electrons. The molecule has 0 aliphatic heterocycles. The molecule has 1 unspecified atom stereocenters. The third-order valence-electron chi connectivity index (χ3n) is 3.90. The topological polar surface area (TPSA) is 24.5 Å². The molecular formula is C17H28N2O. The number of fused-ring (bicyclic) bond motifs is 1. The Morgan fingerprint density at radius 2 is 2.20 bits per heavy atom. The summed E-state index contributed by atoms with van der Waals surface area (Å²) in [5.41, 5.74) is 2.94. The molecule has 0 radical (unpaired) electrons. The van der Waals surface area contributed by atoms with Crippen molar-refractivity contribution in [1.29, 1.82) is 0 Å². The van der Waals surface area contributed by atoms with Crippen molar-refractivity contribution in [2.24, 2.45) is 0 Å². The van der Waals surface area contributed by atoms with Crippen LogP contribution in [0, 0.1) is 0 Å². The van der Waals surface area contributed by atoms with Gasteiger partial charge in [0, 0.05) is 12.6 Å². The van der Waals surface area contributed by atoms with E-state index in [1.54, 1.807) is 0 Å². The van der Waals surface area contributed by atoms with Gasteiger partial charge in [-0.3, -0.25) is 0 Å². The first-order valence-electron chi connectivity index (χ1n) is 7.84. The van der Waals surface area contributed by atoms with Crippen LogP contribution in [0.15, 0.2) is 18.2 Å². The molecule has 0 saturated heterocycles. The molecule has 1 aromatic rings. The van der Waals surface area contributed by atoms with Gasteiger partial charge in [-0.2, -0.15) is 0 Å². The molecule has 3 heteroatoms. The largest absolute Gasteiger partial charge is 0.494 e. The molecule has 1 aliphatic carbocycles. The van der Waals surface area contributed by atoms with Crippen molar-refractivity contribution in [2.45, 2.75) is 38.6 Å². The number of nitrogens with zero attached hydrogens (tertiary/aromatic N) is 1. The summed E-state index contributed by atoms with van der Waals surface area (Å²) in [5.74, 6) is 1.02. The van der Waals surface area contributed by atoms with Crippen LogP contribution in [0.4, 0.5) is 0 Å². The molecule has 1 aromatic carbocycles. The highest BCUT2D eigenvalue weighted by atomic mass is 16.5. The van der Waals surface area contributed by atoms with Gasteiger partial charge in [0.05, 0.1) is 6.61 Å². The highest BCUT2D eigenvalue weighted by molar-refractivity contribution is 5.39. The Kier molecular flexibility index (Phi) is 5.86. The molecule has 0 heterocycles. The molecule has 0 fully saturated rings. The van der Waals surface area contributed by atoms with E-state index in [1.165, 1.54) is 30.4 Å². The summed E-state index contributed by atoms with van der Waals surface area (Å²) in [7, 11) is 4.19. The summed E-state index contributed by atoms with van der Waals surface area (Å²) in [6.45, 7) is 5.07. The van der Waals surface area contributed by atoms with Gasteiger partial charge in [0.1, 0.15) is 5.75 Å². The van der Waals surface area contributed by atoms with Crippen LogP contribution in [-0.4, -0.2) is 38.7 Å². The lowest BCUT2D eigenvalue weighted by Gasteiger charge is -2.26. The van der Waals surface area contributed by atoms with E-state index in [2.05, 4.69) is 49.4 Å². The highest BCUT2D eigenvalue weighted by Crippen LogP contribution is 2.32. The molecule has 3 nitrogen and oxygen atoms in total. The van der Waals surface area contributed by atoms with Crippen molar-refractivity contribution in [1.82, 2.24) is 10.2 Å². The normalized spacial score (nSPS) is 18.1. The maximum atomic E-state index is 5.89. The zero-order chi connectivity index (χ0) is 14.4. The van der Waals surface area contributed by atoms with Crippen molar-refractivity contribution in [3.8, 4) is 5.75 Å². The Labute approximate surface area is 123 Å². The molecule has 20 heavy (non-hydrogen) atoms. The Morgan fingerprint density at radius 3 is 2.95 bits per heavy atom. The fraction of sp³-hybridized carbons (Fsp3) is 0.647. The van der Waals surface area contributed by atoms with Crippen LogP contribution in [0.3, 0.4) is 0 Å². The maximum absolute atomic E-state index is 5.89. The van der Waals surface area contributed by atoms with Gasteiger partial charge in [-0.25, -0.2) is 0 Å². The third-order valence-corrected chi connectivity index (χ3v) is 3.90. The van der Waals surface area contributed by atoms with Gasteiger partial charge in [-0.15, -0.1) is 0 Å². The number of ether oxygens (including phenoxy) is 1. The maximum Gasteiger partial charge on any atom is 0.119 e.